The van der Waals surface area contributed by atoms with Gasteiger partial charge >= 0.3 is 11.9 Å². The smallest absolute Gasteiger partial charge is 0.326 e. The number of carboxylic acids is 2. The van der Waals surface area contributed by atoms with Gasteiger partial charge in [-0.1, -0.05) is 218 Å². The molecule has 0 bridgehead atoms. The van der Waals surface area contributed by atoms with E-state index in [2.05, 4.69) is 45.7 Å². The first kappa shape index (κ1) is 72.3. The molecular formula is C60H104N6O12S. The highest BCUT2D eigenvalue weighted by atomic mass is 32.2. The second kappa shape index (κ2) is 48.0. The molecule has 19 heteroatoms. The summed E-state index contributed by atoms with van der Waals surface area (Å²) < 4.78 is 0. The number of carboxylic acid groups (broad SMARTS) is 2. The molecule has 0 unspecified atom stereocenters. The van der Waals surface area contributed by atoms with Gasteiger partial charge in [0, 0.05) is 25.0 Å². The summed E-state index contributed by atoms with van der Waals surface area (Å²) in [4.78, 5) is 104. The van der Waals surface area contributed by atoms with E-state index in [9.17, 15) is 53.7 Å². The van der Waals surface area contributed by atoms with E-state index in [4.69, 9.17) is 5.11 Å². The van der Waals surface area contributed by atoms with Gasteiger partial charge in [0.25, 0.3) is 0 Å². The fraction of sp³-hybridized carbons (Fsp3) is 0.767. The Hall–Kier alpha value is -4.75. The number of hydrogen-bond acceptors (Lipinski definition) is 11. The van der Waals surface area contributed by atoms with Crippen LogP contribution in [0.15, 0.2) is 30.3 Å². The van der Waals surface area contributed by atoms with E-state index < -0.39 is 104 Å². The Labute approximate surface area is 477 Å². The number of unbranched alkanes of at least 4 members (excludes halogenated alkanes) is 27. The highest BCUT2D eigenvalue weighted by molar-refractivity contribution is 7.99. The van der Waals surface area contributed by atoms with Crippen LogP contribution >= 0.6 is 11.8 Å². The van der Waals surface area contributed by atoms with Crippen LogP contribution in [0.2, 0.25) is 0 Å². The highest BCUT2D eigenvalue weighted by Crippen LogP contribution is 2.17. The number of hydrogen-bond donors (Lipinski definition) is 10. The highest BCUT2D eigenvalue weighted by Gasteiger charge is 2.32. The maximum absolute atomic E-state index is 13.8. The summed E-state index contributed by atoms with van der Waals surface area (Å²) in [5.74, 6) is -6.59. The van der Waals surface area contributed by atoms with Crippen molar-refractivity contribution in [3.8, 4) is 0 Å². The Morgan fingerprint density at radius 2 is 0.810 bits per heavy atom. The number of amides is 6. The topological polar surface area (TPSA) is 290 Å². The number of carbonyl (C=O) groups is 8. The zero-order valence-corrected chi connectivity index (χ0v) is 49.3. The molecular weight excluding hydrogens is 1030 g/mol. The monoisotopic (exact) mass is 1130 g/mol. The molecule has 0 aromatic heterocycles. The normalized spacial score (nSPS) is 13.5. The van der Waals surface area contributed by atoms with Crippen molar-refractivity contribution in [1.82, 2.24) is 31.9 Å². The van der Waals surface area contributed by atoms with Gasteiger partial charge in [0.15, 0.2) is 0 Å². The van der Waals surface area contributed by atoms with E-state index in [0.717, 1.165) is 44.3 Å². The number of aliphatic carboxylic acids is 2. The lowest BCUT2D eigenvalue weighted by Crippen LogP contribution is -2.61. The molecule has 0 saturated carbocycles. The molecule has 0 radical (unpaired) electrons. The summed E-state index contributed by atoms with van der Waals surface area (Å²) in [6, 6.07) is -0.102. The van der Waals surface area contributed by atoms with Crippen molar-refractivity contribution in [2.75, 3.05) is 24.7 Å². The second-order valence-corrected chi connectivity index (χ2v) is 22.4. The Kier molecular flexibility index (Phi) is 43.9. The molecule has 0 heterocycles. The van der Waals surface area contributed by atoms with Crippen molar-refractivity contribution in [2.24, 2.45) is 0 Å². The fourth-order valence-corrected chi connectivity index (χ4v) is 10.2. The predicted molar refractivity (Wildman–Crippen MR) is 313 cm³/mol. The zero-order valence-electron chi connectivity index (χ0n) is 48.5. The molecule has 10 N–H and O–H groups in total. The molecule has 18 nitrogen and oxygen atoms in total. The van der Waals surface area contributed by atoms with Crippen molar-refractivity contribution in [3.63, 3.8) is 0 Å². The average molecular weight is 1130 g/mol. The maximum Gasteiger partial charge on any atom is 0.326 e. The van der Waals surface area contributed by atoms with Gasteiger partial charge < -0.3 is 52.3 Å². The van der Waals surface area contributed by atoms with Crippen LogP contribution in [0, 0.1) is 0 Å². The van der Waals surface area contributed by atoms with Crippen LogP contribution < -0.4 is 31.9 Å². The van der Waals surface area contributed by atoms with E-state index in [1.807, 2.05) is 0 Å². The van der Waals surface area contributed by atoms with E-state index in [-0.39, 0.29) is 24.5 Å². The number of carbonyl (C=O) groups excluding carboxylic acids is 6. The van der Waals surface area contributed by atoms with Crippen LogP contribution in [0.1, 0.15) is 232 Å². The fourth-order valence-electron chi connectivity index (χ4n) is 9.17. The minimum atomic E-state index is -1.68. The molecule has 452 valence electrons. The third kappa shape index (κ3) is 37.7. The summed E-state index contributed by atoms with van der Waals surface area (Å²) in [6.45, 7) is 3.90. The van der Waals surface area contributed by atoms with Crippen molar-refractivity contribution >= 4 is 59.1 Å². The number of rotatable bonds is 52. The van der Waals surface area contributed by atoms with E-state index in [1.54, 1.807) is 30.3 Å². The maximum atomic E-state index is 13.8. The third-order valence-corrected chi connectivity index (χ3v) is 15.3. The van der Waals surface area contributed by atoms with Gasteiger partial charge in [-0.15, -0.1) is 0 Å². The van der Waals surface area contributed by atoms with E-state index in [0.29, 0.717) is 12.0 Å². The summed E-state index contributed by atoms with van der Waals surface area (Å²) in [7, 11) is 0. The molecule has 6 atom stereocenters. The molecule has 1 rings (SSSR count). The second-order valence-electron chi connectivity index (χ2n) is 21.3. The van der Waals surface area contributed by atoms with Crippen LogP contribution in [0.25, 0.3) is 0 Å². The number of aliphatic hydroxyl groups is 2. The van der Waals surface area contributed by atoms with Crippen LogP contribution in [0.5, 0.6) is 0 Å². The minimum Gasteiger partial charge on any atom is -0.481 e. The van der Waals surface area contributed by atoms with Gasteiger partial charge in [-0.3, -0.25) is 33.6 Å². The van der Waals surface area contributed by atoms with Crippen molar-refractivity contribution < 1.29 is 58.8 Å². The molecule has 1 aromatic rings. The first-order valence-corrected chi connectivity index (χ1v) is 31.4. The SMILES string of the molecule is CCCCCCCCCCCCCCCCCCSC[C@@H](NC(=O)CCCCCCCCCCCCCCC)C(=O)N[C@@H](CO)C(=O)N[C@@H](CO)C(=O)N[C@@H](Cc1ccccc1)C(=O)N[C@@H](C)C(=O)N[C@@H](CCC(=O)O)C(=O)O. The minimum absolute atomic E-state index is 0.117. The van der Waals surface area contributed by atoms with Gasteiger partial charge in [0.1, 0.15) is 36.3 Å². The third-order valence-electron chi connectivity index (χ3n) is 14.1. The summed E-state index contributed by atoms with van der Waals surface area (Å²) in [5, 5.41) is 53.9. The van der Waals surface area contributed by atoms with Crippen LogP contribution in [0.4, 0.5) is 0 Å². The van der Waals surface area contributed by atoms with Gasteiger partial charge in [-0.25, -0.2) is 4.79 Å². The summed E-state index contributed by atoms with van der Waals surface area (Å²) >= 11 is 1.52. The quantitative estimate of drug-likeness (QED) is 0.0274. The van der Waals surface area contributed by atoms with Gasteiger partial charge in [0.2, 0.25) is 35.4 Å². The van der Waals surface area contributed by atoms with Gasteiger partial charge in [0.05, 0.1) is 13.2 Å². The first-order valence-electron chi connectivity index (χ1n) is 30.3. The zero-order chi connectivity index (χ0) is 58.3. The first-order chi connectivity index (χ1) is 38.2. The summed E-state index contributed by atoms with van der Waals surface area (Å²) in [6.07, 6.45) is 34.5. The Bertz CT molecular complexity index is 1830. The Morgan fingerprint density at radius 3 is 1.23 bits per heavy atom. The Balaban J connectivity index is 2.89. The van der Waals surface area contributed by atoms with Crippen molar-refractivity contribution in [3.05, 3.63) is 35.9 Å². The lowest BCUT2D eigenvalue weighted by Gasteiger charge is -2.26. The van der Waals surface area contributed by atoms with Crippen molar-refractivity contribution in [2.45, 2.75) is 269 Å². The largest absolute Gasteiger partial charge is 0.481 e. The molecule has 0 saturated heterocycles. The molecule has 79 heavy (non-hydrogen) atoms. The molecule has 0 aliphatic rings. The van der Waals surface area contributed by atoms with Crippen LogP contribution in [-0.4, -0.2) is 129 Å². The molecule has 0 spiro atoms. The van der Waals surface area contributed by atoms with E-state index in [1.165, 1.54) is 160 Å². The number of nitrogens with one attached hydrogen (secondary N) is 6. The number of aliphatic hydroxyl groups excluding tert-OH is 2. The predicted octanol–water partition coefficient (Wildman–Crippen LogP) is 8.57. The van der Waals surface area contributed by atoms with Gasteiger partial charge in [-0.2, -0.15) is 11.8 Å². The molecule has 0 aliphatic heterocycles. The lowest BCUT2D eigenvalue weighted by atomic mass is 10.0. The molecule has 0 fully saturated rings. The van der Waals surface area contributed by atoms with Gasteiger partial charge in [-0.05, 0) is 37.5 Å². The summed E-state index contributed by atoms with van der Waals surface area (Å²) in [5.41, 5.74) is 0.585. The number of benzene rings is 1. The average Bonchev–Trinajstić information content (AvgIpc) is 3.43. The lowest BCUT2D eigenvalue weighted by molar-refractivity contribution is -0.143. The van der Waals surface area contributed by atoms with Crippen LogP contribution in [0.3, 0.4) is 0 Å². The number of thioether (sulfide) groups is 1. The molecule has 0 aliphatic carbocycles. The molecule has 1 aromatic carbocycles. The van der Waals surface area contributed by atoms with Crippen LogP contribution in [-0.2, 0) is 44.8 Å². The standard InChI is InChI=1S/C60H104N6O12S/c1-4-6-8-10-12-14-16-18-19-20-22-24-26-28-30-35-41-79-45-52(62-53(69)38-34-29-27-25-23-21-17-15-13-11-9-7-5-2)59(76)66-51(44-68)58(75)65-50(43-67)57(74)64-49(42-47-36-32-31-33-37-47)56(73)61-46(3)55(72)63-48(60(77)78)39-40-54(70)71/h31-33,36-37,46,48-52,67-68H,4-30,34-35,38-45H2,1-3H3,(H,61,73)(H,62,69)(H,63,72)(H,64,74)(H,65,75)(H,66,76)(H,70,71)(H,77,78)/t46-,48-,49-,50-,51-,52+/m0/s1. The van der Waals surface area contributed by atoms with Crippen molar-refractivity contribution in [1.29, 1.82) is 0 Å². The molecule has 6 amide bonds. The Morgan fingerprint density at radius 1 is 0.430 bits per heavy atom. The van der Waals surface area contributed by atoms with E-state index >= 15 is 0 Å².